The summed E-state index contributed by atoms with van der Waals surface area (Å²) in [6.07, 6.45) is 0.996. The number of amides is 1. The van der Waals surface area contributed by atoms with Crippen molar-refractivity contribution in [3.05, 3.63) is 23.9 Å². The number of nitrogens with zero attached hydrogens (tertiary/aromatic N) is 4. The lowest BCUT2D eigenvalue weighted by molar-refractivity contribution is -0.141. The maximum absolute atomic E-state index is 12.8. The summed E-state index contributed by atoms with van der Waals surface area (Å²) in [4.78, 5) is 19.9. The molecule has 0 radical (unpaired) electrons. The number of pyridine rings is 1. The molecular weight excluding hydrogens is 359 g/mol. The third kappa shape index (κ3) is 3.29. The van der Waals surface area contributed by atoms with E-state index in [9.17, 15) is 23.2 Å². The summed E-state index contributed by atoms with van der Waals surface area (Å²) in [5.41, 5.74) is -0.925. The first-order valence-corrected chi connectivity index (χ1v) is 9.14. The van der Waals surface area contributed by atoms with Gasteiger partial charge in [0.25, 0.3) is 0 Å². The highest BCUT2D eigenvalue weighted by Gasteiger charge is 2.47. The first kappa shape index (κ1) is 17.9. The van der Waals surface area contributed by atoms with Gasteiger partial charge in [0.05, 0.1) is 18.0 Å². The van der Waals surface area contributed by atoms with Crippen LogP contribution in [0.25, 0.3) is 0 Å². The zero-order chi connectivity index (χ0) is 19.2. The van der Waals surface area contributed by atoms with E-state index < -0.39 is 11.9 Å². The molecular formula is C18H20F3N5O. The van der Waals surface area contributed by atoms with Gasteiger partial charge in [-0.05, 0) is 37.8 Å². The Morgan fingerprint density at radius 2 is 2.11 bits per heavy atom. The summed E-state index contributed by atoms with van der Waals surface area (Å²) in [5.74, 6) is -0.119. The van der Waals surface area contributed by atoms with Gasteiger partial charge in [-0.15, -0.1) is 0 Å². The lowest BCUT2D eigenvalue weighted by Crippen LogP contribution is -2.46. The van der Waals surface area contributed by atoms with Gasteiger partial charge in [0, 0.05) is 19.1 Å². The molecule has 144 valence electrons. The number of fused-ring (bicyclic) bond motifs is 2. The highest BCUT2D eigenvalue weighted by molar-refractivity contribution is 5.80. The number of hydrogen-bond acceptors (Lipinski definition) is 5. The van der Waals surface area contributed by atoms with E-state index in [0.717, 1.165) is 25.3 Å². The summed E-state index contributed by atoms with van der Waals surface area (Å²) in [6, 6.07) is 4.10. The Hall–Kier alpha value is -2.50. The summed E-state index contributed by atoms with van der Waals surface area (Å²) in [7, 11) is 0. The van der Waals surface area contributed by atoms with Gasteiger partial charge in [0.2, 0.25) is 5.91 Å². The van der Waals surface area contributed by atoms with Crippen LogP contribution in [0.15, 0.2) is 18.2 Å². The molecule has 1 aromatic heterocycles. The number of aromatic nitrogens is 1. The smallest absolute Gasteiger partial charge is 0.356 e. The van der Waals surface area contributed by atoms with Crippen LogP contribution in [-0.2, 0) is 11.0 Å². The summed E-state index contributed by atoms with van der Waals surface area (Å²) in [5, 5.41) is 12.3. The van der Waals surface area contributed by atoms with Crippen molar-refractivity contribution >= 4 is 11.7 Å². The molecule has 4 rings (SSSR count). The zero-order valence-corrected chi connectivity index (χ0v) is 14.6. The van der Waals surface area contributed by atoms with Crippen molar-refractivity contribution in [2.45, 2.75) is 50.0 Å². The first-order valence-electron chi connectivity index (χ1n) is 9.14. The van der Waals surface area contributed by atoms with Crippen molar-refractivity contribution in [2.75, 3.05) is 18.0 Å². The fraction of sp³-hybridized carbons (Fsp3) is 0.611. The Labute approximate surface area is 154 Å². The second kappa shape index (κ2) is 6.59. The Bertz CT molecular complexity index is 777. The molecule has 9 heteroatoms. The minimum absolute atomic E-state index is 0.0170. The molecule has 0 aromatic carbocycles. The molecule has 3 aliphatic rings. The van der Waals surface area contributed by atoms with Gasteiger partial charge in [-0.2, -0.15) is 18.4 Å². The standard InChI is InChI=1S/C18H20F3N5O/c19-18(20,21)15-2-1-3-16(24-15)25-7-6-11(9-25)17(27)23-13-8-12-4-5-14(13)26(12)10-22/h1-3,11-14H,4-9H2,(H,23,27)/t11-,12+,13-,14-/m1/s1. The summed E-state index contributed by atoms with van der Waals surface area (Å²) in [6.45, 7) is 0.844. The number of alkyl halides is 3. The normalized spacial score (nSPS) is 29.9. The second-order valence-corrected chi connectivity index (χ2v) is 7.47. The monoisotopic (exact) mass is 379 g/mol. The second-order valence-electron chi connectivity index (χ2n) is 7.47. The van der Waals surface area contributed by atoms with Crippen LogP contribution in [0.3, 0.4) is 0 Å². The van der Waals surface area contributed by atoms with E-state index >= 15 is 0 Å². The minimum Gasteiger partial charge on any atom is -0.356 e. The molecule has 4 heterocycles. The maximum atomic E-state index is 12.8. The van der Waals surface area contributed by atoms with Crippen molar-refractivity contribution < 1.29 is 18.0 Å². The van der Waals surface area contributed by atoms with Crippen LogP contribution in [0.4, 0.5) is 19.0 Å². The van der Waals surface area contributed by atoms with Crippen molar-refractivity contribution in [3.63, 3.8) is 0 Å². The van der Waals surface area contributed by atoms with Gasteiger partial charge in [0.15, 0.2) is 6.19 Å². The largest absolute Gasteiger partial charge is 0.433 e. The molecule has 27 heavy (non-hydrogen) atoms. The molecule has 0 unspecified atom stereocenters. The Morgan fingerprint density at radius 3 is 2.81 bits per heavy atom. The van der Waals surface area contributed by atoms with Crippen molar-refractivity contribution in [2.24, 2.45) is 5.92 Å². The molecule has 0 aliphatic carbocycles. The van der Waals surface area contributed by atoms with Crippen LogP contribution in [0.1, 0.15) is 31.4 Å². The lowest BCUT2D eigenvalue weighted by atomic mass is 9.95. The van der Waals surface area contributed by atoms with Gasteiger partial charge in [-0.25, -0.2) is 4.98 Å². The van der Waals surface area contributed by atoms with E-state index in [1.807, 2.05) is 0 Å². The summed E-state index contributed by atoms with van der Waals surface area (Å²) >= 11 is 0. The molecule has 4 atom stereocenters. The first-order chi connectivity index (χ1) is 12.9. The minimum atomic E-state index is -4.49. The molecule has 3 aliphatic heterocycles. The number of nitriles is 1. The number of rotatable bonds is 3. The SMILES string of the molecule is N#CN1[C@H]2CC[C@@H]1[C@H](NC(=O)[C@@H]1CCN(c3cccc(C(F)(F)F)n3)C1)C2. The fourth-order valence-corrected chi connectivity index (χ4v) is 4.54. The Balaban J connectivity index is 1.37. The molecule has 0 spiro atoms. The molecule has 1 N–H and O–H groups in total. The molecule has 1 amide bonds. The number of hydrogen-bond donors (Lipinski definition) is 1. The van der Waals surface area contributed by atoms with E-state index in [4.69, 9.17) is 0 Å². The number of anilines is 1. The molecule has 3 fully saturated rings. The Kier molecular flexibility index (Phi) is 4.36. The van der Waals surface area contributed by atoms with Gasteiger partial charge in [-0.1, -0.05) is 6.07 Å². The predicted molar refractivity (Wildman–Crippen MR) is 90.4 cm³/mol. The van der Waals surface area contributed by atoms with E-state index in [1.54, 1.807) is 9.80 Å². The number of carbonyl (C=O) groups is 1. The van der Waals surface area contributed by atoms with E-state index in [-0.39, 0.29) is 35.8 Å². The van der Waals surface area contributed by atoms with Gasteiger partial charge >= 0.3 is 6.18 Å². The van der Waals surface area contributed by atoms with E-state index in [0.29, 0.717) is 19.5 Å². The molecule has 1 aromatic rings. The third-order valence-electron chi connectivity index (χ3n) is 5.89. The summed E-state index contributed by atoms with van der Waals surface area (Å²) < 4.78 is 38.5. The zero-order valence-electron chi connectivity index (χ0n) is 14.6. The van der Waals surface area contributed by atoms with Gasteiger partial charge in [-0.3, -0.25) is 4.79 Å². The predicted octanol–water partition coefficient (Wildman–Crippen LogP) is 2.13. The average molecular weight is 379 g/mol. The number of nitrogens with one attached hydrogen (secondary N) is 1. The number of halogens is 3. The Morgan fingerprint density at radius 1 is 1.30 bits per heavy atom. The van der Waals surface area contributed by atoms with Crippen LogP contribution in [0.2, 0.25) is 0 Å². The van der Waals surface area contributed by atoms with Crippen LogP contribution in [-0.4, -0.2) is 47.0 Å². The molecule has 0 saturated carbocycles. The molecule has 2 bridgehead atoms. The topological polar surface area (TPSA) is 72.3 Å². The number of carbonyl (C=O) groups excluding carboxylic acids is 1. The van der Waals surface area contributed by atoms with E-state index in [2.05, 4.69) is 16.5 Å². The fourth-order valence-electron chi connectivity index (χ4n) is 4.54. The highest BCUT2D eigenvalue weighted by atomic mass is 19.4. The highest BCUT2D eigenvalue weighted by Crippen LogP contribution is 2.37. The molecule has 3 saturated heterocycles. The average Bonchev–Trinajstić information content (AvgIpc) is 3.35. The van der Waals surface area contributed by atoms with Crippen LogP contribution < -0.4 is 10.2 Å². The molecule has 6 nitrogen and oxygen atoms in total. The van der Waals surface area contributed by atoms with Crippen LogP contribution in [0.5, 0.6) is 0 Å². The van der Waals surface area contributed by atoms with Crippen LogP contribution >= 0.6 is 0 Å². The van der Waals surface area contributed by atoms with Crippen molar-refractivity contribution in [1.29, 1.82) is 5.26 Å². The van der Waals surface area contributed by atoms with Crippen molar-refractivity contribution in [1.82, 2.24) is 15.2 Å². The maximum Gasteiger partial charge on any atom is 0.433 e. The van der Waals surface area contributed by atoms with Crippen LogP contribution in [0, 0.1) is 17.4 Å². The van der Waals surface area contributed by atoms with Crippen molar-refractivity contribution in [3.8, 4) is 6.19 Å². The van der Waals surface area contributed by atoms with Gasteiger partial charge in [0.1, 0.15) is 11.5 Å². The van der Waals surface area contributed by atoms with E-state index in [1.165, 1.54) is 12.1 Å². The quantitative estimate of drug-likeness (QED) is 0.815. The van der Waals surface area contributed by atoms with Gasteiger partial charge < -0.3 is 15.1 Å². The lowest BCUT2D eigenvalue weighted by Gasteiger charge is -2.24. The third-order valence-corrected chi connectivity index (χ3v) is 5.89.